The summed E-state index contributed by atoms with van der Waals surface area (Å²) in [5, 5.41) is 38.8. The molecule has 8 unspecified atom stereocenters. The summed E-state index contributed by atoms with van der Waals surface area (Å²) in [5.41, 5.74) is 16.9. The number of aliphatic hydroxyl groups is 3. The van der Waals surface area contributed by atoms with Crippen LogP contribution in [0.15, 0.2) is 11.8 Å². The Bertz CT molecular complexity index is 669. The number of hydrogen-bond acceptors (Lipinski definition) is 12. The molecule has 0 aromatic carbocycles. The van der Waals surface area contributed by atoms with Crippen LogP contribution in [0, 0.1) is 0 Å². The third-order valence-electron chi connectivity index (χ3n) is 6.64. The first-order valence-electron chi connectivity index (χ1n) is 11.6. The Kier molecular flexibility index (Phi) is 9.08. The van der Waals surface area contributed by atoms with Crippen LogP contribution in [-0.2, 0) is 18.9 Å². The summed E-state index contributed by atoms with van der Waals surface area (Å²) in [6.07, 6.45) is -3.05. The maximum absolute atomic E-state index is 11.3. The van der Waals surface area contributed by atoms with Crippen LogP contribution in [0.2, 0.25) is 0 Å². The predicted molar refractivity (Wildman–Crippen MR) is 120 cm³/mol. The fourth-order valence-electron chi connectivity index (χ4n) is 4.86. The van der Waals surface area contributed by atoms with Crippen molar-refractivity contribution in [3.8, 4) is 0 Å². The number of ether oxygens (including phenoxy) is 4. The standard InChI is InChI=1S/C21H41N5O7/c1-4-26-13-7-12(24)16(32-19-11(23)6-5-10(8-22)31-19)14(27)17(13)33-20-15(28)18(25-3)21(2,29)9-30-20/h5,11-20,25-29H,4,6-9,22-24H2,1-3H3/t11?,12?,13?,14-,15?,16?,17-,18?,19?,20?,21-/m0/s1. The highest BCUT2D eigenvalue weighted by Crippen LogP contribution is 2.31. The van der Waals surface area contributed by atoms with Crippen molar-refractivity contribution in [3.63, 3.8) is 0 Å². The highest BCUT2D eigenvalue weighted by atomic mass is 16.7. The molecule has 12 nitrogen and oxygen atoms in total. The van der Waals surface area contributed by atoms with Gasteiger partial charge in [0.05, 0.1) is 25.2 Å². The van der Waals surface area contributed by atoms with Crippen LogP contribution in [0.5, 0.6) is 0 Å². The summed E-state index contributed by atoms with van der Waals surface area (Å²) in [4.78, 5) is 0. The average Bonchev–Trinajstić information content (AvgIpc) is 2.76. The van der Waals surface area contributed by atoms with Gasteiger partial charge in [-0.05, 0) is 39.4 Å². The van der Waals surface area contributed by atoms with Gasteiger partial charge in [-0.3, -0.25) is 0 Å². The molecule has 11 N–H and O–H groups in total. The molecule has 0 aromatic rings. The lowest BCUT2D eigenvalue weighted by Gasteiger charge is -2.49. The van der Waals surface area contributed by atoms with Gasteiger partial charge in [-0.25, -0.2) is 0 Å². The molecule has 2 aliphatic heterocycles. The lowest BCUT2D eigenvalue weighted by molar-refractivity contribution is -0.304. The number of rotatable bonds is 8. The van der Waals surface area contributed by atoms with E-state index in [0.29, 0.717) is 25.1 Å². The van der Waals surface area contributed by atoms with Crippen LogP contribution in [0.25, 0.3) is 0 Å². The molecule has 0 radical (unpaired) electrons. The molecular formula is C21H41N5O7. The molecule has 1 aliphatic carbocycles. The number of hydrogen-bond donors (Lipinski definition) is 8. The van der Waals surface area contributed by atoms with Gasteiger partial charge in [0.15, 0.2) is 6.29 Å². The predicted octanol–water partition coefficient (Wildman–Crippen LogP) is -3.20. The monoisotopic (exact) mass is 475 g/mol. The van der Waals surface area contributed by atoms with E-state index in [0.717, 1.165) is 0 Å². The molecule has 11 atom stereocenters. The van der Waals surface area contributed by atoms with Crippen molar-refractivity contribution in [1.82, 2.24) is 10.6 Å². The minimum atomic E-state index is -1.28. The van der Waals surface area contributed by atoms with E-state index in [1.807, 2.05) is 13.0 Å². The van der Waals surface area contributed by atoms with Crippen LogP contribution in [0.4, 0.5) is 0 Å². The summed E-state index contributed by atoms with van der Waals surface area (Å²) in [7, 11) is 1.64. The fourth-order valence-corrected chi connectivity index (χ4v) is 4.86. The molecule has 2 heterocycles. The van der Waals surface area contributed by atoms with Crippen molar-refractivity contribution >= 4 is 0 Å². The van der Waals surface area contributed by atoms with Crippen molar-refractivity contribution in [3.05, 3.63) is 11.8 Å². The number of nitrogens with two attached hydrogens (primary N) is 3. The molecule has 3 rings (SSSR count). The van der Waals surface area contributed by atoms with Gasteiger partial charge >= 0.3 is 0 Å². The Morgan fingerprint density at radius 3 is 2.48 bits per heavy atom. The molecule has 33 heavy (non-hydrogen) atoms. The molecule has 0 amide bonds. The van der Waals surface area contributed by atoms with E-state index in [4.69, 9.17) is 36.1 Å². The zero-order chi connectivity index (χ0) is 24.3. The smallest absolute Gasteiger partial charge is 0.215 e. The number of nitrogens with one attached hydrogen (secondary N) is 2. The van der Waals surface area contributed by atoms with Gasteiger partial charge in [-0.15, -0.1) is 0 Å². The Morgan fingerprint density at radius 1 is 1.15 bits per heavy atom. The first-order chi connectivity index (χ1) is 15.6. The summed E-state index contributed by atoms with van der Waals surface area (Å²) < 4.78 is 23.6. The Morgan fingerprint density at radius 2 is 1.85 bits per heavy atom. The van der Waals surface area contributed by atoms with Crippen molar-refractivity contribution < 1.29 is 34.3 Å². The molecule has 0 bridgehead atoms. The van der Waals surface area contributed by atoms with Gasteiger partial charge in [-0.1, -0.05) is 6.92 Å². The second-order valence-corrected chi connectivity index (χ2v) is 9.31. The summed E-state index contributed by atoms with van der Waals surface area (Å²) in [6, 6.07) is -1.95. The normalized spacial score (nSPS) is 46.5. The average molecular weight is 476 g/mol. The molecule has 1 saturated heterocycles. The zero-order valence-corrected chi connectivity index (χ0v) is 19.6. The van der Waals surface area contributed by atoms with E-state index in [1.165, 1.54) is 0 Å². The lowest BCUT2D eigenvalue weighted by atomic mass is 9.83. The Hall–Kier alpha value is -0.900. The topological polar surface area (TPSA) is 200 Å². The van der Waals surface area contributed by atoms with Crippen LogP contribution in [0.1, 0.15) is 26.7 Å². The summed E-state index contributed by atoms with van der Waals surface area (Å²) in [5.74, 6) is 0.572. The third-order valence-corrected chi connectivity index (χ3v) is 6.64. The molecule has 1 saturated carbocycles. The summed E-state index contributed by atoms with van der Waals surface area (Å²) >= 11 is 0. The lowest BCUT2D eigenvalue weighted by Crippen LogP contribution is -2.69. The van der Waals surface area contributed by atoms with Crippen LogP contribution in [-0.4, -0.2) is 109 Å². The van der Waals surface area contributed by atoms with E-state index < -0.39 is 60.7 Å². The maximum atomic E-state index is 11.3. The van der Waals surface area contributed by atoms with Crippen molar-refractivity contribution in [2.75, 3.05) is 26.7 Å². The second kappa shape index (κ2) is 11.2. The van der Waals surface area contributed by atoms with Gasteiger partial charge in [-0.2, -0.15) is 0 Å². The third kappa shape index (κ3) is 5.85. The van der Waals surface area contributed by atoms with E-state index in [9.17, 15) is 15.3 Å². The minimum Gasteiger partial charge on any atom is -0.467 e. The van der Waals surface area contributed by atoms with E-state index >= 15 is 0 Å². The SMILES string of the molecule is CCNC1CC(N)C(OC2OC(CN)=CCC2N)[C@H](O)[C@H]1OC1OC[C@](C)(O)C(NC)C1O. The number of likely N-dealkylation sites (N-methyl/N-ethyl adjacent to an activating group) is 2. The van der Waals surface area contributed by atoms with E-state index in [1.54, 1.807) is 14.0 Å². The quantitative estimate of drug-likeness (QED) is 0.175. The van der Waals surface area contributed by atoms with Crippen molar-refractivity contribution in [1.29, 1.82) is 0 Å². The fraction of sp³-hybridized carbons (Fsp3) is 0.905. The minimum absolute atomic E-state index is 0.0483. The number of aliphatic hydroxyl groups excluding tert-OH is 2. The van der Waals surface area contributed by atoms with Gasteiger partial charge in [0, 0.05) is 12.1 Å². The molecule has 0 spiro atoms. The van der Waals surface area contributed by atoms with Gasteiger partial charge in [0.2, 0.25) is 6.29 Å². The molecule has 192 valence electrons. The molecule has 3 aliphatic rings. The molecular weight excluding hydrogens is 434 g/mol. The van der Waals surface area contributed by atoms with Crippen LogP contribution in [0.3, 0.4) is 0 Å². The second-order valence-electron chi connectivity index (χ2n) is 9.31. The van der Waals surface area contributed by atoms with Crippen LogP contribution >= 0.6 is 0 Å². The zero-order valence-electron chi connectivity index (χ0n) is 19.6. The first-order valence-corrected chi connectivity index (χ1v) is 11.6. The Balaban J connectivity index is 1.75. The largest absolute Gasteiger partial charge is 0.467 e. The first kappa shape index (κ1) is 26.7. The van der Waals surface area contributed by atoms with Gasteiger partial charge in [0.1, 0.15) is 35.8 Å². The van der Waals surface area contributed by atoms with Gasteiger partial charge < -0.3 is 62.1 Å². The Labute approximate surface area is 194 Å². The van der Waals surface area contributed by atoms with Crippen molar-refractivity contribution in [2.45, 2.75) is 93.5 Å². The highest BCUT2D eigenvalue weighted by molar-refractivity contribution is 5.05. The summed E-state index contributed by atoms with van der Waals surface area (Å²) in [6.45, 7) is 4.30. The highest BCUT2D eigenvalue weighted by Gasteiger charge is 2.51. The molecule has 2 fully saturated rings. The molecule has 0 aromatic heterocycles. The molecule has 12 heteroatoms. The van der Waals surface area contributed by atoms with E-state index in [2.05, 4.69) is 10.6 Å². The van der Waals surface area contributed by atoms with E-state index in [-0.39, 0.29) is 19.2 Å². The van der Waals surface area contributed by atoms with Crippen LogP contribution < -0.4 is 27.8 Å². The van der Waals surface area contributed by atoms with Gasteiger partial charge in [0.25, 0.3) is 0 Å². The van der Waals surface area contributed by atoms with Crippen molar-refractivity contribution in [2.24, 2.45) is 17.2 Å². The maximum Gasteiger partial charge on any atom is 0.215 e.